The Labute approximate surface area is 163 Å². The predicted octanol–water partition coefficient (Wildman–Crippen LogP) is 5.17. The van der Waals surface area contributed by atoms with E-state index in [1.54, 1.807) is 12.4 Å². The standard InChI is InChI=1S/C24H20N2O2/c27-24(28)22-19-10-4-5-12-21(19)26-23(18-8-2-1-3-9-18)20(22)11-6-7-17-13-15-25-16-14-17/h1-5,8-10,12-16H,6-7,11H2,(H,27,28). The fourth-order valence-corrected chi connectivity index (χ4v) is 3.59. The van der Waals surface area contributed by atoms with E-state index in [-0.39, 0.29) is 0 Å². The van der Waals surface area contributed by atoms with Crippen molar-refractivity contribution in [2.45, 2.75) is 19.3 Å². The molecule has 4 heteroatoms. The van der Waals surface area contributed by atoms with Gasteiger partial charge in [0.1, 0.15) is 0 Å². The molecular formula is C24H20N2O2. The predicted molar refractivity (Wildman–Crippen MR) is 110 cm³/mol. The maximum atomic E-state index is 12.2. The van der Waals surface area contributed by atoms with E-state index in [4.69, 9.17) is 4.98 Å². The first-order valence-electron chi connectivity index (χ1n) is 9.33. The minimum absolute atomic E-state index is 0.360. The monoisotopic (exact) mass is 368 g/mol. The van der Waals surface area contributed by atoms with Gasteiger partial charge in [-0.1, -0.05) is 48.5 Å². The van der Waals surface area contributed by atoms with Crippen molar-refractivity contribution >= 4 is 16.9 Å². The average Bonchev–Trinajstić information content (AvgIpc) is 2.74. The van der Waals surface area contributed by atoms with E-state index in [9.17, 15) is 9.90 Å². The van der Waals surface area contributed by atoms with Crippen molar-refractivity contribution in [2.75, 3.05) is 0 Å². The molecule has 0 bridgehead atoms. The smallest absolute Gasteiger partial charge is 0.336 e. The number of aromatic carboxylic acids is 1. The van der Waals surface area contributed by atoms with Crippen LogP contribution in [0.4, 0.5) is 0 Å². The van der Waals surface area contributed by atoms with Gasteiger partial charge in [0.25, 0.3) is 0 Å². The Morgan fingerprint density at radius 2 is 1.57 bits per heavy atom. The highest BCUT2D eigenvalue weighted by molar-refractivity contribution is 6.05. The molecule has 0 fully saturated rings. The van der Waals surface area contributed by atoms with Crippen LogP contribution in [-0.2, 0) is 12.8 Å². The molecule has 0 unspecified atom stereocenters. The molecule has 4 rings (SSSR count). The number of para-hydroxylation sites is 1. The summed E-state index contributed by atoms with van der Waals surface area (Å²) in [6.07, 6.45) is 5.91. The molecule has 0 radical (unpaired) electrons. The second-order valence-corrected chi connectivity index (χ2v) is 6.71. The summed E-state index contributed by atoms with van der Waals surface area (Å²) in [5, 5.41) is 10.7. The van der Waals surface area contributed by atoms with E-state index >= 15 is 0 Å². The number of pyridine rings is 2. The van der Waals surface area contributed by atoms with E-state index in [0.717, 1.165) is 29.7 Å². The van der Waals surface area contributed by atoms with Gasteiger partial charge in [-0.15, -0.1) is 0 Å². The van der Waals surface area contributed by atoms with Crippen LogP contribution in [-0.4, -0.2) is 21.0 Å². The summed E-state index contributed by atoms with van der Waals surface area (Å²) < 4.78 is 0. The van der Waals surface area contributed by atoms with Crippen LogP contribution in [0.25, 0.3) is 22.2 Å². The van der Waals surface area contributed by atoms with Crippen LogP contribution in [0.1, 0.15) is 27.9 Å². The van der Waals surface area contributed by atoms with Gasteiger partial charge in [-0.05, 0) is 48.6 Å². The first kappa shape index (κ1) is 17.9. The van der Waals surface area contributed by atoms with Gasteiger partial charge in [-0.2, -0.15) is 0 Å². The number of nitrogens with zero attached hydrogens (tertiary/aromatic N) is 2. The van der Waals surface area contributed by atoms with E-state index in [0.29, 0.717) is 22.9 Å². The molecule has 0 aliphatic heterocycles. The summed E-state index contributed by atoms with van der Waals surface area (Å²) in [7, 11) is 0. The molecule has 0 saturated carbocycles. The summed E-state index contributed by atoms with van der Waals surface area (Å²) in [4.78, 5) is 21.1. The van der Waals surface area contributed by atoms with Crippen LogP contribution in [0.2, 0.25) is 0 Å². The normalized spacial score (nSPS) is 10.9. The highest BCUT2D eigenvalue weighted by atomic mass is 16.4. The van der Waals surface area contributed by atoms with Gasteiger partial charge in [-0.25, -0.2) is 9.78 Å². The molecule has 0 spiro atoms. The van der Waals surface area contributed by atoms with Crippen LogP contribution in [0.15, 0.2) is 79.1 Å². The van der Waals surface area contributed by atoms with Crippen molar-refractivity contribution < 1.29 is 9.90 Å². The number of carboxylic acids is 1. The quantitative estimate of drug-likeness (QED) is 0.510. The second kappa shape index (κ2) is 8.01. The number of aryl methyl sites for hydroxylation is 1. The van der Waals surface area contributed by atoms with Crippen molar-refractivity contribution in [3.8, 4) is 11.3 Å². The third-order valence-electron chi connectivity index (χ3n) is 4.90. The van der Waals surface area contributed by atoms with E-state index < -0.39 is 5.97 Å². The van der Waals surface area contributed by atoms with Gasteiger partial charge < -0.3 is 5.11 Å². The van der Waals surface area contributed by atoms with Crippen molar-refractivity contribution in [1.82, 2.24) is 9.97 Å². The zero-order chi connectivity index (χ0) is 19.3. The molecule has 2 aromatic heterocycles. The van der Waals surface area contributed by atoms with Gasteiger partial charge in [0, 0.05) is 23.3 Å². The molecule has 0 saturated heterocycles. The van der Waals surface area contributed by atoms with Crippen molar-refractivity contribution in [3.63, 3.8) is 0 Å². The zero-order valence-corrected chi connectivity index (χ0v) is 15.4. The maximum Gasteiger partial charge on any atom is 0.336 e. The summed E-state index contributed by atoms with van der Waals surface area (Å²) in [5.41, 5.74) is 4.75. The molecule has 1 N–H and O–H groups in total. The summed E-state index contributed by atoms with van der Waals surface area (Å²) in [5.74, 6) is -0.908. The number of fused-ring (bicyclic) bond motifs is 1. The Morgan fingerprint density at radius 1 is 0.857 bits per heavy atom. The molecule has 0 amide bonds. The first-order chi connectivity index (χ1) is 13.7. The lowest BCUT2D eigenvalue weighted by atomic mass is 9.92. The Balaban J connectivity index is 1.81. The van der Waals surface area contributed by atoms with E-state index in [1.165, 1.54) is 5.56 Å². The molecule has 4 nitrogen and oxygen atoms in total. The average molecular weight is 368 g/mol. The number of hydrogen-bond acceptors (Lipinski definition) is 3. The first-order valence-corrected chi connectivity index (χ1v) is 9.33. The van der Waals surface area contributed by atoms with Gasteiger partial charge in [0.05, 0.1) is 16.8 Å². The number of carboxylic acid groups (broad SMARTS) is 1. The van der Waals surface area contributed by atoms with Crippen LogP contribution in [0, 0.1) is 0 Å². The number of rotatable bonds is 6. The number of carbonyl (C=O) groups is 1. The molecule has 0 atom stereocenters. The van der Waals surface area contributed by atoms with Gasteiger partial charge in [-0.3, -0.25) is 4.98 Å². The highest BCUT2D eigenvalue weighted by Gasteiger charge is 2.20. The molecule has 138 valence electrons. The minimum Gasteiger partial charge on any atom is -0.478 e. The van der Waals surface area contributed by atoms with E-state index in [1.807, 2.05) is 66.7 Å². The molecule has 2 heterocycles. The van der Waals surface area contributed by atoms with Gasteiger partial charge in [0.2, 0.25) is 0 Å². The van der Waals surface area contributed by atoms with Crippen molar-refractivity contribution in [3.05, 3.63) is 95.8 Å². The lowest BCUT2D eigenvalue weighted by Gasteiger charge is -2.15. The molecule has 2 aromatic carbocycles. The van der Waals surface area contributed by atoms with Crippen LogP contribution in [0.5, 0.6) is 0 Å². The number of aromatic nitrogens is 2. The number of hydrogen-bond donors (Lipinski definition) is 1. The Kier molecular flexibility index (Phi) is 5.11. The molecular weight excluding hydrogens is 348 g/mol. The Morgan fingerprint density at radius 3 is 2.32 bits per heavy atom. The summed E-state index contributed by atoms with van der Waals surface area (Å²) in [6, 6.07) is 21.3. The summed E-state index contributed by atoms with van der Waals surface area (Å²) in [6.45, 7) is 0. The zero-order valence-electron chi connectivity index (χ0n) is 15.4. The number of benzene rings is 2. The molecule has 28 heavy (non-hydrogen) atoms. The Hall–Kier alpha value is -3.53. The third-order valence-corrected chi connectivity index (χ3v) is 4.90. The Bertz CT molecular complexity index is 1110. The van der Waals surface area contributed by atoms with Crippen LogP contribution >= 0.6 is 0 Å². The van der Waals surface area contributed by atoms with E-state index in [2.05, 4.69) is 4.98 Å². The maximum absolute atomic E-state index is 12.2. The van der Waals surface area contributed by atoms with Gasteiger partial charge in [0.15, 0.2) is 0 Å². The molecule has 0 aliphatic rings. The fourth-order valence-electron chi connectivity index (χ4n) is 3.59. The second-order valence-electron chi connectivity index (χ2n) is 6.71. The molecule has 4 aromatic rings. The SMILES string of the molecule is O=C(O)c1c(CCCc2ccncc2)c(-c2ccccc2)nc2ccccc12. The highest BCUT2D eigenvalue weighted by Crippen LogP contribution is 2.31. The van der Waals surface area contributed by atoms with Crippen LogP contribution in [0.3, 0.4) is 0 Å². The van der Waals surface area contributed by atoms with Crippen LogP contribution < -0.4 is 0 Å². The topological polar surface area (TPSA) is 63.1 Å². The van der Waals surface area contributed by atoms with Crippen molar-refractivity contribution in [1.29, 1.82) is 0 Å². The van der Waals surface area contributed by atoms with Crippen molar-refractivity contribution in [2.24, 2.45) is 0 Å². The van der Waals surface area contributed by atoms with Gasteiger partial charge >= 0.3 is 5.97 Å². The third kappa shape index (κ3) is 3.62. The largest absolute Gasteiger partial charge is 0.478 e. The minimum atomic E-state index is -0.908. The lowest BCUT2D eigenvalue weighted by Crippen LogP contribution is -2.08. The fraction of sp³-hybridized carbons (Fsp3) is 0.125. The summed E-state index contributed by atoms with van der Waals surface area (Å²) >= 11 is 0. The molecule has 0 aliphatic carbocycles. The lowest BCUT2D eigenvalue weighted by molar-refractivity contribution is 0.0698.